The summed E-state index contributed by atoms with van der Waals surface area (Å²) in [5.74, 6) is -0.221. The summed E-state index contributed by atoms with van der Waals surface area (Å²) in [5, 5.41) is 13.7. The molecular formula is C46H81N2O6P. The lowest BCUT2D eigenvalue weighted by molar-refractivity contribution is -0.870. The van der Waals surface area contributed by atoms with Crippen LogP contribution in [0, 0.1) is 0 Å². The number of unbranched alkanes of at least 4 members (excludes halogenated alkanes) is 12. The van der Waals surface area contributed by atoms with E-state index in [0.717, 1.165) is 96.3 Å². The van der Waals surface area contributed by atoms with Crippen LogP contribution >= 0.6 is 7.82 Å². The second-order valence-corrected chi connectivity index (χ2v) is 16.7. The Morgan fingerprint density at radius 2 is 1.11 bits per heavy atom. The Balaban J connectivity index is 4.30. The fourth-order valence-electron chi connectivity index (χ4n) is 5.45. The molecule has 0 spiro atoms. The Labute approximate surface area is 337 Å². The molecule has 0 aliphatic rings. The van der Waals surface area contributed by atoms with Crippen molar-refractivity contribution in [2.24, 2.45) is 0 Å². The van der Waals surface area contributed by atoms with Gasteiger partial charge in [0.1, 0.15) is 13.2 Å². The summed E-state index contributed by atoms with van der Waals surface area (Å²) in [4.78, 5) is 25.2. The molecular weight excluding hydrogens is 707 g/mol. The van der Waals surface area contributed by atoms with Crippen LogP contribution in [0.25, 0.3) is 0 Å². The first-order valence-corrected chi connectivity index (χ1v) is 22.9. The van der Waals surface area contributed by atoms with Crippen molar-refractivity contribution >= 4 is 13.7 Å². The molecule has 9 heteroatoms. The van der Waals surface area contributed by atoms with Crippen molar-refractivity contribution in [2.45, 2.75) is 161 Å². The maximum absolute atomic E-state index is 12.8. The molecule has 0 aromatic heterocycles. The van der Waals surface area contributed by atoms with Crippen molar-refractivity contribution in [1.29, 1.82) is 0 Å². The van der Waals surface area contributed by atoms with Gasteiger partial charge in [-0.3, -0.25) is 9.36 Å². The van der Waals surface area contributed by atoms with E-state index in [2.05, 4.69) is 92.1 Å². The van der Waals surface area contributed by atoms with E-state index in [1.165, 1.54) is 32.1 Å². The van der Waals surface area contributed by atoms with Gasteiger partial charge in [0.05, 0.1) is 39.9 Å². The number of aliphatic hydroxyl groups excluding tert-OH is 1. The molecule has 0 radical (unpaired) electrons. The van der Waals surface area contributed by atoms with Crippen molar-refractivity contribution in [2.75, 3.05) is 40.9 Å². The average Bonchev–Trinajstić information content (AvgIpc) is 3.13. The van der Waals surface area contributed by atoms with Gasteiger partial charge in [0.15, 0.2) is 0 Å². The predicted molar refractivity (Wildman–Crippen MR) is 233 cm³/mol. The van der Waals surface area contributed by atoms with Gasteiger partial charge < -0.3 is 28.8 Å². The summed E-state index contributed by atoms with van der Waals surface area (Å²) < 4.78 is 23.1. The minimum absolute atomic E-state index is 0.00940. The van der Waals surface area contributed by atoms with Gasteiger partial charge in [-0.05, 0) is 70.6 Å². The molecule has 0 aromatic rings. The van der Waals surface area contributed by atoms with E-state index in [-0.39, 0.29) is 12.5 Å². The Bertz CT molecular complexity index is 1170. The van der Waals surface area contributed by atoms with Gasteiger partial charge >= 0.3 is 0 Å². The van der Waals surface area contributed by atoms with E-state index in [4.69, 9.17) is 9.05 Å². The highest BCUT2D eigenvalue weighted by molar-refractivity contribution is 7.45. The predicted octanol–water partition coefficient (Wildman–Crippen LogP) is 11.2. The van der Waals surface area contributed by atoms with Gasteiger partial charge in [-0.1, -0.05) is 157 Å². The topological polar surface area (TPSA) is 108 Å². The number of hydrogen-bond acceptors (Lipinski definition) is 6. The molecule has 0 aliphatic carbocycles. The Morgan fingerprint density at radius 1 is 0.655 bits per heavy atom. The Kier molecular flexibility index (Phi) is 35.7. The molecule has 3 atom stereocenters. The minimum Gasteiger partial charge on any atom is -0.756 e. The molecule has 55 heavy (non-hydrogen) atoms. The lowest BCUT2D eigenvalue weighted by atomic mass is 10.1. The van der Waals surface area contributed by atoms with E-state index < -0.39 is 26.6 Å². The van der Waals surface area contributed by atoms with E-state index >= 15 is 0 Å². The molecule has 0 aliphatic heterocycles. The molecule has 1 amide bonds. The van der Waals surface area contributed by atoms with Crippen LogP contribution in [-0.2, 0) is 18.4 Å². The molecule has 0 aromatic carbocycles. The highest BCUT2D eigenvalue weighted by Crippen LogP contribution is 2.38. The van der Waals surface area contributed by atoms with Crippen LogP contribution in [0.1, 0.15) is 149 Å². The SMILES string of the molecule is CC/C=C\C/C=C\C/C=C\C/C=C\C/C=C\C/C=C\CCCCCCCCC(=O)NC(COP(=O)([O-])OCC[N+](C)(C)C)C(O)/C=C/CCCCCCCC. The number of hydrogen-bond donors (Lipinski definition) is 2. The number of phosphoric ester groups is 1. The number of carbonyl (C=O) groups is 1. The summed E-state index contributed by atoms with van der Waals surface area (Å²) in [5.41, 5.74) is 0. The Hall–Kier alpha value is -2.32. The van der Waals surface area contributed by atoms with Gasteiger partial charge in [-0.25, -0.2) is 0 Å². The number of aliphatic hydroxyl groups is 1. The van der Waals surface area contributed by atoms with Crippen molar-refractivity contribution in [3.05, 3.63) is 85.1 Å². The molecule has 3 unspecified atom stereocenters. The summed E-state index contributed by atoms with van der Waals surface area (Å²) in [6.07, 6.45) is 50.7. The standard InChI is InChI=1S/C46H81N2O6P/c1-6-8-10-12-14-16-17-18-19-20-21-22-23-24-25-26-27-28-29-30-31-32-34-36-38-40-46(50)47-44(43-54-55(51,52)53-42-41-48(3,4)5)45(49)39-37-35-33-15-13-11-9-7-2/h8,10,14,16,18-19,21-22,24-25,27-28,37,39,44-45,49H,6-7,9,11-13,15,17,20,23,26,29-36,38,40-43H2,1-5H3,(H-,47,50,51,52)/b10-8-,16-14-,19-18-,22-21-,25-24-,28-27-,39-37+. The number of amides is 1. The van der Waals surface area contributed by atoms with E-state index in [0.29, 0.717) is 17.4 Å². The molecule has 316 valence electrons. The van der Waals surface area contributed by atoms with Crippen LogP contribution in [0.2, 0.25) is 0 Å². The fourth-order valence-corrected chi connectivity index (χ4v) is 6.17. The van der Waals surface area contributed by atoms with Gasteiger partial charge in [0, 0.05) is 6.42 Å². The number of rotatable bonds is 37. The largest absolute Gasteiger partial charge is 0.756 e. The van der Waals surface area contributed by atoms with Gasteiger partial charge in [0.2, 0.25) is 5.91 Å². The molecule has 0 heterocycles. The van der Waals surface area contributed by atoms with E-state index in [1.54, 1.807) is 6.08 Å². The molecule has 0 saturated carbocycles. The van der Waals surface area contributed by atoms with Crippen LogP contribution in [0.15, 0.2) is 85.1 Å². The normalized spacial score (nSPS) is 15.3. The number of likely N-dealkylation sites (N-methyl/N-ethyl adjacent to an activating group) is 1. The highest BCUT2D eigenvalue weighted by atomic mass is 31.2. The third-order valence-corrected chi connectivity index (χ3v) is 9.83. The Morgan fingerprint density at radius 3 is 1.62 bits per heavy atom. The summed E-state index contributed by atoms with van der Waals surface area (Å²) >= 11 is 0. The first kappa shape index (κ1) is 52.7. The zero-order valence-electron chi connectivity index (χ0n) is 35.6. The van der Waals surface area contributed by atoms with Gasteiger partial charge in [-0.2, -0.15) is 0 Å². The third kappa shape index (κ3) is 39.7. The van der Waals surface area contributed by atoms with Crippen LogP contribution in [0.3, 0.4) is 0 Å². The number of allylic oxidation sites excluding steroid dienone is 13. The van der Waals surface area contributed by atoms with Gasteiger partial charge in [0.25, 0.3) is 7.82 Å². The number of quaternary nitrogens is 1. The molecule has 2 N–H and O–H groups in total. The average molecular weight is 789 g/mol. The van der Waals surface area contributed by atoms with E-state index in [1.807, 2.05) is 27.2 Å². The van der Waals surface area contributed by atoms with Crippen LogP contribution < -0.4 is 10.2 Å². The third-order valence-electron chi connectivity index (χ3n) is 8.86. The lowest BCUT2D eigenvalue weighted by Gasteiger charge is -2.29. The summed E-state index contributed by atoms with van der Waals surface area (Å²) in [6, 6.07) is -0.897. The zero-order valence-corrected chi connectivity index (χ0v) is 36.5. The van der Waals surface area contributed by atoms with Crippen LogP contribution in [0.4, 0.5) is 0 Å². The molecule has 0 saturated heterocycles. The first-order valence-electron chi connectivity index (χ1n) is 21.4. The quantitative estimate of drug-likeness (QED) is 0.0281. The molecule has 8 nitrogen and oxygen atoms in total. The summed E-state index contributed by atoms with van der Waals surface area (Å²) in [7, 11) is 1.23. The maximum atomic E-state index is 12.8. The summed E-state index contributed by atoms with van der Waals surface area (Å²) in [6.45, 7) is 4.44. The number of carbonyl (C=O) groups excluding carboxylic acids is 1. The van der Waals surface area contributed by atoms with Crippen LogP contribution in [-0.4, -0.2) is 68.5 Å². The van der Waals surface area contributed by atoms with Gasteiger partial charge in [-0.15, -0.1) is 0 Å². The monoisotopic (exact) mass is 789 g/mol. The number of nitrogens with one attached hydrogen (secondary N) is 1. The lowest BCUT2D eigenvalue weighted by Crippen LogP contribution is -2.45. The second kappa shape index (κ2) is 37.3. The zero-order chi connectivity index (χ0) is 40.7. The molecule has 0 bridgehead atoms. The second-order valence-electron chi connectivity index (χ2n) is 15.3. The highest BCUT2D eigenvalue weighted by Gasteiger charge is 2.23. The number of nitrogens with zero attached hydrogens (tertiary/aromatic N) is 1. The van der Waals surface area contributed by atoms with Crippen molar-refractivity contribution in [3.8, 4) is 0 Å². The van der Waals surface area contributed by atoms with Crippen molar-refractivity contribution < 1.29 is 32.9 Å². The molecule has 0 rings (SSSR count). The maximum Gasteiger partial charge on any atom is 0.268 e. The van der Waals surface area contributed by atoms with E-state index in [9.17, 15) is 19.4 Å². The molecule has 0 fully saturated rings. The smallest absolute Gasteiger partial charge is 0.268 e. The minimum atomic E-state index is -4.59. The first-order chi connectivity index (χ1) is 26.5. The van der Waals surface area contributed by atoms with Crippen molar-refractivity contribution in [1.82, 2.24) is 5.32 Å². The van der Waals surface area contributed by atoms with Crippen LogP contribution in [0.5, 0.6) is 0 Å². The fraction of sp³-hybridized carbons (Fsp3) is 0.674. The number of phosphoric acid groups is 1. The van der Waals surface area contributed by atoms with Crippen molar-refractivity contribution in [3.63, 3.8) is 0 Å².